The molecule has 0 fully saturated rings. The lowest BCUT2D eigenvalue weighted by Gasteiger charge is -2.26. The van der Waals surface area contributed by atoms with Gasteiger partial charge in [-0.3, -0.25) is 9.59 Å². The number of carbonyl (C=O) groups excluding carboxylic acids is 2. The number of hydrogen-bond acceptors (Lipinski definition) is 3. The highest BCUT2D eigenvalue weighted by Gasteiger charge is 2.21. The molecular formula is C29H38N4O2. The van der Waals surface area contributed by atoms with Crippen molar-refractivity contribution in [1.82, 2.24) is 14.7 Å². The first-order chi connectivity index (χ1) is 16.9. The third-order valence-corrected chi connectivity index (χ3v) is 6.08. The van der Waals surface area contributed by atoms with Crippen LogP contribution in [0.2, 0.25) is 0 Å². The number of nitrogens with one attached hydrogen (secondary N) is 1. The van der Waals surface area contributed by atoms with Gasteiger partial charge < -0.3 is 10.2 Å². The molecule has 6 nitrogen and oxygen atoms in total. The van der Waals surface area contributed by atoms with Crippen LogP contribution in [0, 0.1) is 6.92 Å². The highest BCUT2D eigenvalue weighted by Crippen LogP contribution is 2.25. The van der Waals surface area contributed by atoms with Crippen LogP contribution in [0.15, 0.2) is 60.7 Å². The second-order valence-corrected chi connectivity index (χ2v) is 9.36. The van der Waals surface area contributed by atoms with Crippen molar-refractivity contribution in [3.8, 4) is 16.9 Å². The molecule has 2 aromatic carbocycles. The van der Waals surface area contributed by atoms with Crippen LogP contribution in [0.3, 0.4) is 0 Å². The Balaban J connectivity index is 1.75. The SMILES string of the molecule is CCCCCCCC(=O)N(CC(=O)Nc1cc(-c2ccccc2)nn1-c1ccc(C)cc1)C(C)C. The maximum absolute atomic E-state index is 13.1. The topological polar surface area (TPSA) is 67.2 Å². The summed E-state index contributed by atoms with van der Waals surface area (Å²) in [4.78, 5) is 27.6. The van der Waals surface area contributed by atoms with Gasteiger partial charge in [0.1, 0.15) is 12.4 Å². The Hall–Kier alpha value is -3.41. The standard InChI is InChI=1S/C29H38N4O2/c1-5-6-7-8-12-15-29(35)32(22(2)3)21-28(34)30-27-20-26(24-13-10-9-11-14-24)31-33(27)25-18-16-23(4)17-19-25/h9-11,13-14,16-20,22H,5-8,12,15,21H2,1-4H3,(H,30,34). The van der Waals surface area contributed by atoms with Crippen molar-refractivity contribution in [3.05, 3.63) is 66.2 Å². The van der Waals surface area contributed by atoms with E-state index in [0.29, 0.717) is 12.2 Å². The highest BCUT2D eigenvalue weighted by atomic mass is 16.2. The van der Waals surface area contributed by atoms with E-state index in [1.165, 1.54) is 12.8 Å². The summed E-state index contributed by atoms with van der Waals surface area (Å²) < 4.78 is 1.74. The Morgan fingerprint density at radius 3 is 2.31 bits per heavy atom. The zero-order valence-electron chi connectivity index (χ0n) is 21.5. The molecule has 2 amide bonds. The minimum Gasteiger partial charge on any atom is -0.331 e. The van der Waals surface area contributed by atoms with Crippen molar-refractivity contribution in [2.75, 3.05) is 11.9 Å². The lowest BCUT2D eigenvalue weighted by molar-refractivity contribution is -0.136. The number of aryl methyl sites for hydroxylation is 1. The molecule has 186 valence electrons. The molecular weight excluding hydrogens is 436 g/mol. The third kappa shape index (κ3) is 7.54. The van der Waals surface area contributed by atoms with Gasteiger partial charge in [0.15, 0.2) is 0 Å². The third-order valence-electron chi connectivity index (χ3n) is 6.08. The predicted molar refractivity (Wildman–Crippen MR) is 143 cm³/mol. The van der Waals surface area contributed by atoms with Gasteiger partial charge in [0.05, 0.1) is 11.4 Å². The maximum atomic E-state index is 13.1. The molecule has 0 saturated carbocycles. The molecule has 0 atom stereocenters. The number of aromatic nitrogens is 2. The highest BCUT2D eigenvalue weighted by molar-refractivity contribution is 5.94. The summed E-state index contributed by atoms with van der Waals surface area (Å²) in [5.41, 5.74) is 3.74. The van der Waals surface area contributed by atoms with E-state index < -0.39 is 0 Å². The van der Waals surface area contributed by atoms with Gasteiger partial charge in [-0.1, -0.05) is 80.6 Å². The van der Waals surface area contributed by atoms with Crippen LogP contribution in [0.4, 0.5) is 5.82 Å². The Morgan fingerprint density at radius 2 is 1.66 bits per heavy atom. The maximum Gasteiger partial charge on any atom is 0.245 e. The molecule has 6 heteroatoms. The van der Waals surface area contributed by atoms with Crippen LogP contribution in [-0.2, 0) is 9.59 Å². The molecule has 0 aliphatic heterocycles. The van der Waals surface area contributed by atoms with Crippen LogP contribution in [0.5, 0.6) is 0 Å². The van der Waals surface area contributed by atoms with Gasteiger partial charge in [-0.15, -0.1) is 0 Å². The molecule has 0 radical (unpaired) electrons. The summed E-state index contributed by atoms with van der Waals surface area (Å²) in [7, 11) is 0. The summed E-state index contributed by atoms with van der Waals surface area (Å²) in [6, 6.07) is 19.7. The first-order valence-electron chi connectivity index (χ1n) is 12.7. The zero-order chi connectivity index (χ0) is 25.2. The number of carbonyl (C=O) groups is 2. The number of amides is 2. The molecule has 35 heavy (non-hydrogen) atoms. The van der Waals surface area contributed by atoms with Gasteiger partial charge in [-0.2, -0.15) is 5.10 Å². The van der Waals surface area contributed by atoms with E-state index in [4.69, 9.17) is 5.10 Å². The molecule has 0 aliphatic carbocycles. The Morgan fingerprint density at radius 1 is 0.971 bits per heavy atom. The monoisotopic (exact) mass is 474 g/mol. The van der Waals surface area contributed by atoms with Gasteiger partial charge >= 0.3 is 0 Å². The number of anilines is 1. The molecule has 0 spiro atoms. The van der Waals surface area contributed by atoms with Crippen molar-refractivity contribution in [2.24, 2.45) is 0 Å². The molecule has 0 saturated heterocycles. The minimum absolute atomic E-state index is 0.0191. The van der Waals surface area contributed by atoms with E-state index in [0.717, 1.165) is 41.8 Å². The molecule has 3 aromatic rings. The van der Waals surface area contributed by atoms with E-state index >= 15 is 0 Å². The molecule has 0 bridgehead atoms. The average molecular weight is 475 g/mol. The van der Waals surface area contributed by atoms with Gasteiger partial charge in [0.2, 0.25) is 11.8 Å². The van der Waals surface area contributed by atoms with Crippen molar-refractivity contribution in [3.63, 3.8) is 0 Å². The molecule has 0 unspecified atom stereocenters. The molecule has 1 aromatic heterocycles. The smallest absolute Gasteiger partial charge is 0.245 e. The van der Waals surface area contributed by atoms with E-state index in [9.17, 15) is 9.59 Å². The van der Waals surface area contributed by atoms with Crippen LogP contribution < -0.4 is 5.32 Å². The zero-order valence-corrected chi connectivity index (χ0v) is 21.5. The lowest BCUT2D eigenvalue weighted by atomic mass is 10.1. The first-order valence-corrected chi connectivity index (χ1v) is 12.7. The second kappa shape index (κ2) is 12.9. The second-order valence-electron chi connectivity index (χ2n) is 9.36. The predicted octanol–water partition coefficient (Wildman–Crippen LogP) is 6.38. The Kier molecular flexibility index (Phi) is 9.65. The van der Waals surface area contributed by atoms with Crippen LogP contribution in [0.25, 0.3) is 16.9 Å². The lowest BCUT2D eigenvalue weighted by Crippen LogP contribution is -2.42. The summed E-state index contributed by atoms with van der Waals surface area (Å²) >= 11 is 0. The molecule has 1 N–H and O–H groups in total. The normalized spacial score (nSPS) is 11.0. The van der Waals surface area contributed by atoms with Crippen LogP contribution >= 0.6 is 0 Å². The summed E-state index contributed by atoms with van der Waals surface area (Å²) in [6.07, 6.45) is 5.93. The quantitative estimate of drug-likeness (QED) is 0.310. The summed E-state index contributed by atoms with van der Waals surface area (Å²) in [5.74, 6) is 0.378. The number of unbranched alkanes of at least 4 members (excludes halogenated alkanes) is 4. The fourth-order valence-corrected chi connectivity index (χ4v) is 4.02. The molecule has 0 aliphatic rings. The van der Waals surface area contributed by atoms with E-state index in [1.54, 1.807) is 9.58 Å². The fraction of sp³-hybridized carbons (Fsp3) is 0.414. The van der Waals surface area contributed by atoms with Crippen molar-refractivity contribution in [2.45, 2.75) is 72.3 Å². The van der Waals surface area contributed by atoms with Crippen molar-refractivity contribution in [1.29, 1.82) is 0 Å². The average Bonchev–Trinajstić information content (AvgIpc) is 3.26. The van der Waals surface area contributed by atoms with E-state index in [1.807, 2.05) is 81.4 Å². The van der Waals surface area contributed by atoms with Crippen LogP contribution in [-0.4, -0.2) is 39.1 Å². The number of rotatable bonds is 12. The van der Waals surface area contributed by atoms with Gasteiger partial charge in [-0.05, 0) is 39.3 Å². The first kappa shape index (κ1) is 26.2. The van der Waals surface area contributed by atoms with E-state index in [-0.39, 0.29) is 24.4 Å². The Bertz CT molecular complexity index is 1090. The molecule has 3 rings (SSSR count). The largest absolute Gasteiger partial charge is 0.331 e. The number of hydrogen-bond donors (Lipinski definition) is 1. The van der Waals surface area contributed by atoms with Gasteiger partial charge in [0.25, 0.3) is 0 Å². The molecule has 1 heterocycles. The van der Waals surface area contributed by atoms with Crippen LogP contribution in [0.1, 0.15) is 64.9 Å². The van der Waals surface area contributed by atoms with Crippen molar-refractivity contribution >= 4 is 17.6 Å². The summed E-state index contributed by atoms with van der Waals surface area (Å²) in [6.45, 7) is 8.13. The Labute approximate surface area is 209 Å². The van der Waals surface area contributed by atoms with Crippen molar-refractivity contribution < 1.29 is 9.59 Å². The van der Waals surface area contributed by atoms with Gasteiger partial charge in [0, 0.05) is 24.1 Å². The number of benzene rings is 2. The van der Waals surface area contributed by atoms with E-state index in [2.05, 4.69) is 12.2 Å². The fourth-order valence-electron chi connectivity index (χ4n) is 4.02. The number of nitrogens with zero attached hydrogens (tertiary/aromatic N) is 3. The summed E-state index contributed by atoms with van der Waals surface area (Å²) in [5, 5.41) is 7.77. The van der Waals surface area contributed by atoms with Gasteiger partial charge in [-0.25, -0.2) is 4.68 Å². The minimum atomic E-state index is -0.231.